The van der Waals surface area contributed by atoms with E-state index in [9.17, 15) is 4.79 Å². The number of rotatable bonds is 5. The maximum atomic E-state index is 12.6. The second-order valence-corrected chi connectivity index (χ2v) is 6.43. The lowest BCUT2D eigenvalue weighted by Gasteiger charge is -2.41. The first-order valence-electron chi connectivity index (χ1n) is 8.80. The average Bonchev–Trinajstić information content (AvgIpc) is 3.14. The molecule has 0 radical (unpaired) electrons. The number of carbonyl (C=O) groups excluding carboxylic acids is 1. The Bertz CT molecular complexity index is 863. The monoisotopic (exact) mass is 347 g/mol. The molecule has 2 heterocycles. The van der Waals surface area contributed by atoms with E-state index in [-0.39, 0.29) is 12.1 Å². The van der Waals surface area contributed by atoms with Gasteiger partial charge in [0.15, 0.2) is 0 Å². The number of nitrogens with zero attached hydrogens (tertiary/aromatic N) is 4. The fourth-order valence-corrected chi connectivity index (χ4v) is 3.30. The van der Waals surface area contributed by atoms with E-state index < -0.39 is 0 Å². The molecule has 0 aliphatic carbocycles. The van der Waals surface area contributed by atoms with Crippen LogP contribution in [0.4, 0.5) is 4.79 Å². The fourth-order valence-electron chi connectivity index (χ4n) is 3.30. The van der Waals surface area contributed by atoms with Crippen LogP contribution in [0.1, 0.15) is 29.2 Å². The van der Waals surface area contributed by atoms with Crippen molar-refractivity contribution in [3.63, 3.8) is 0 Å². The SMILES string of the molecule is O=C(NCc1ccccc1Cn1cncn1)N1CCC1c1ccccc1. The Morgan fingerprint density at radius 2 is 1.85 bits per heavy atom. The average molecular weight is 347 g/mol. The number of likely N-dealkylation sites (tertiary alicyclic amines) is 1. The minimum absolute atomic E-state index is 0.0133. The van der Waals surface area contributed by atoms with Crippen LogP contribution in [0.25, 0.3) is 0 Å². The summed E-state index contributed by atoms with van der Waals surface area (Å²) in [5.41, 5.74) is 3.41. The summed E-state index contributed by atoms with van der Waals surface area (Å²) in [5.74, 6) is 0. The Labute approximate surface area is 152 Å². The third-order valence-corrected chi connectivity index (χ3v) is 4.81. The number of hydrogen-bond donors (Lipinski definition) is 1. The van der Waals surface area contributed by atoms with Gasteiger partial charge in [0.2, 0.25) is 0 Å². The Balaban J connectivity index is 1.39. The molecule has 2 amide bonds. The number of amides is 2. The van der Waals surface area contributed by atoms with Gasteiger partial charge in [-0.15, -0.1) is 0 Å². The van der Waals surface area contributed by atoms with Gasteiger partial charge in [-0.2, -0.15) is 5.10 Å². The summed E-state index contributed by atoms with van der Waals surface area (Å²) < 4.78 is 1.78. The van der Waals surface area contributed by atoms with E-state index >= 15 is 0 Å². The van der Waals surface area contributed by atoms with Gasteiger partial charge in [-0.3, -0.25) is 0 Å². The van der Waals surface area contributed by atoms with Crippen LogP contribution in [-0.4, -0.2) is 32.2 Å². The summed E-state index contributed by atoms with van der Waals surface area (Å²) in [6.07, 6.45) is 4.23. The standard InChI is InChI=1S/C20H21N5O/c26-20(25-11-10-19(25)16-6-2-1-3-7-16)22-12-17-8-4-5-9-18(17)13-24-15-21-14-23-24/h1-9,14-15,19H,10-13H2,(H,22,26). The molecule has 0 spiro atoms. The Morgan fingerprint density at radius 1 is 1.08 bits per heavy atom. The van der Waals surface area contributed by atoms with Crippen LogP contribution in [-0.2, 0) is 13.1 Å². The lowest BCUT2D eigenvalue weighted by atomic mass is 9.95. The third kappa shape index (κ3) is 3.44. The maximum Gasteiger partial charge on any atom is 0.318 e. The van der Waals surface area contributed by atoms with Crippen molar-refractivity contribution in [1.82, 2.24) is 25.0 Å². The molecule has 1 aliphatic rings. The van der Waals surface area contributed by atoms with Crippen molar-refractivity contribution in [2.75, 3.05) is 6.54 Å². The molecule has 132 valence electrons. The molecular formula is C20H21N5O. The highest BCUT2D eigenvalue weighted by Crippen LogP contribution is 2.32. The highest BCUT2D eigenvalue weighted by molar-refractivity contribution is 5.75. The highest BCUT2D eigenvalue weighted by atomic mass is 16.2. The zero-order valence-corrected chi connectivity index (χ0v) is 14.5. The van der Waals surface area contributed by atoms with Crippen LogP contribution in [0.3, 0.4) is 0 Å². The fraction of sp³-hybridized carbons (Fsp3) is 0.250. The van der Waals surface area contributed by atoms with Crippen molar-refractivity contribution < 1.29 is 4.79 Å². The van der Waals surface area contributed by atoms with Crippen LogP contribution < -0.4 is 5.32 Å². The van der Waals surface area contributed by atoms with Gasteiger partial charge in [-0.25, -0.2) is 14.5 Å². The van der Waals surface area contributed by atoms with E-state index in [1.807, 2.05) is 41.3 Å². The zero-order chi connectivity index (χ0) is 17.8. The van der Waals surface area contributed by atoms with Crippen molar-refractivity contribution in [3.8, 4) is 0 Å². The lowest BCUT2D eigenvalue weighted by Crippen LogP contribution is -2.49. The summed E-state index contributed by atoms with van der Waals surface area (Å²) in [4.78, 5) is 18.5. The van der Waals surface area contributed by atoms with E-state index in [2.05, 4.69) is 33.6 Å². The van der Waals surface area contributed by atoms with Crippen LogP contribution in [0.2, 0.25) is 0 Å². The zero-order valence-electron chi connectivity index (χ0n) is 14.5. The molecule has 2 aromatic carbocycles. The minimum atomic E-state index is -0.0133. The number of nitrogens with one attached hydrogen (secondary N) is 1. The van der Waals surface area contributed by atoms with Crippen LogP contribution >= 0.6 is 0 Å². The lowest BCUT2D eigenvalue weighted by molar-refractivity contribution is 0.115. The molecule has 0 saturated carbocycles. The first kappa shape index (κ1) is 16.3. The smallest absolute Gasteiger partial charge is 0.318 e. The van der Waals surface area contributed by atoms with Crippen molar-refractivity contribution in [3.05, 3.63) is 83.9 Å². The molecule has 1 N–H and O–H groups in total. The molecule has 3 aromatic rings. The molecular weight excluding hydrogens is 326 g/mol. The van der Waals surface area contributed by atoms with Gasteiger partial charge in [0.1, 0.15) is 12.7 Å². The minimum Gasteiger partial charge on any atom is -0.334 e. The van der Waals surface area contributed by atoms with Gasteiger partial charge < -0.3 is 10.2 Å². The maximum absolute atomic E-state index is 12.6. The topological polar surface area (TPSA) is 63.1 Å². The molecule has 1 unspecified atom stereocenters. The molecule has 1 aromatic heterocycles. The van der Waals surface area contributed by atoms with Crippen LogP contribution in [0.5, 0.6) is 0 Å². The van der Waals surface area contributed by atoms with Gasteiger partial charge in [-0.05, 0) is 23.1 Å². The van der Waals surface area contributed by atoms with E-state index in [4.69, 9.17) is 0 Å². The normalized spacial score (nSPS) is 16.2. The summed E-state index contributed by atoms with van der Waals surface area (Å²) in [6.45, 7) is 1.94. The molecule has 1 atom stereocenters. The molecule has 26 heavy (non-hydrogen) atoms. The van der Waals surface area contributed by atoms with E-state index in [1.165, 1.54) is 11.9 Å². The van der Waals surface area contributed by atoms with Gasteiger partial charge in [0.05, 0.1) is 12.6 Å². The first-order chi connectivity index (χ1) is 12.8. The van der Waals surface area contributed by atoms with Crippen molar-refractivity contribution in [2.45, 2.75) is 25.6 Å². The second kappa shape index (κ2) is 7.39. The number of urea groups is 1. The third-order valence-electron chi connectivity index (χ3n) is 4.81. The van der Waals surface area contributed by atoms with Crippen molar-refractivity contribution in [1.29, 1.82) is 0 Å². The van der Waals surface area contributed by atoms with Gasteiger partial charge in [0.25, 0.3) is 0 Å². The molecule has 0 bridgehead atoms. The van der Waals surface area contributed by atoms with Gasteiger partial charge in [-0.1, -0.05) is 54.6 Å². The molecule has 1 fully saturated rings. The summed E-state index contributed by atoms with van der Waals surface area (Å²) in [6, 6.07) is 18.4. The van der Waals surface area contributed by atoms with Gasteiger partial charge in [0, 0.05) is 13.1 Å². The Kier molecular flexibility index (Phi) is 4.64. The summed E-state index contributed by atoms with van der Waals surface area (Å²) in [5, 5.41) is 7.21. The van der Waals surface area contributed by atoms with Gasteiger partial charge >= 0.3 is 6.03 Å². The molecule has 1 saturated heterocycles. The number of aromatic nitrogens is 3. The Hall–Kier alpha value is -3.15. The number of hydrogen-bond acceptors (Lipinski definition) is 3. The molecule has 4 rings (SSSR count). The van der Waals surface area contributed by atoms with E-state index in [1.54, 1.807) is 11.0 Å². The van der Waals surface area contributed by atoms with Crippen molar-refractivity contribution >= 4 is 6.03 Å². The highest BCUT2D eigenvalue weighted by Gasteiger charge is 2.33. The predicted octanol–water partition coefficient (Wildman–Crippen LogP) is 2.98. The van der Waals surface area contributed by atoms with E-state index in [0.29, 0.717) is 13.1 Å². The summed E-state index contributed by atoms with van der Waals surface area (Å²) >= 11 is 0. The van der Waals surface area contributed by atoms with Crippen LogP contribution in [0.15, 0.2) is 67.3 Å². The number of benzene rings is 2. The van der Waals surface area contributed by atoms with Crippen LogP contribution in [0, 0.1) is 0 Å². The summed E-state index contributed by atoms with van der Waals surface area (Å²) in [7, 11) is 0. The largest absolute Gasteiger partial charge is 0.334 e. The van der Waals surface area contributed by atoms with Crippen molar-refractivity contribution in [2.24, 2.45) is 0 Å². The first-order valence-corrected chi connectivity index (χ1v) is 8.80. The molecule has 1 aliphatic heterocycles. The molecule has 6 heteroatoms. The predicted molar refractivity (Wildman–Crippen MR) is 98.3 cm³/mol. The Morgan fingerprint density at radius 3 is 2.54 bits per heavy atom. The quantitative estimate of drug-likeness (QED) is 0.772. The molecule has 6 nitrogen and oxygen atoms in total. The van der Waals surface area contributed by atoms with E-state index in [0.717, 1.165) is 24.1 Å². The second-order valence-electron chi connectivity index (χ2n) is 6.43. The number of carbonyl (C=O) groups is 1.